The maximum absolute atomic E-state index is 4.37. The standard InChI is InChI=1S/C26H33N5/c1-22-7-2-3-11-26(22)30-17-15-29(16-18-30)25-10-5-13-28(21-25)20-23-8-4-9-24(19-23)31-14-6-12-27-31/h2-4,6-9,11-12,14,19,25H,5,10,13,15-18,20-21H2,1H3. The fourth-order valence-corrected chi connectivity index (χ4v) is 5.20. The van der Waals surface area contributed by atoms with Gasteiger partial charge in [0.05, 0.1) is 5.69 Å². The Labute approximate surface area is 185 Å². The smallest absolute Gasteiger partial charge is 0.0648 e. The van der Waals surface area contributed by atoms with Crippen LogP contribution in [-0.2, 0) is 6.54 Å². The molecule has 5 rings (SSSR count). The van der Waals surface area contributed by atoms with Crippen molar-refractivity contribution >= 4 is 5.69 Å². The lowest BCUT2D eigenvalue weighted by Crippen LogP contribution is -2.55. The van der Waals surface area contributed by atoms with Crippen molar-refractivity contribution in [2.45, 2.75) is 32.4 Å². The summed E-state index contributed by atoms with van der Waals surface area (Å²) in [6, 6.07) is 20.2. The highest BCUT2D eigenvalue weighted by Gasteiger charge is 2.28. The molecule has 0 saturated carbocycles. The van der Waals surface area contributed by atoms with Crippen LogP contribution in [0.2, 0.25) is 0 Å². The van der Waals surface area contributed by atoms with E-state index >= 15 is 0 Å². The van der Waals surface area contributed by atoms with Gasteiger partial charge in [-0.1, -0.05) is 30.3 Å². The topological polar surface area (TPSA) is 27.5 Å². The van der Waals surface area contributed by atoms with E-state index in [1.165, 1.54) is 55.8 Å². The van der Waals surface area contributed by atoms with Crippen molar-refractivity contribution in [3.63, 3.8) is 0 Å². The number of likely N-dealkylation sites (tertiary alicyclic amines) is 1. The van der Waals surface area contributed by atoms with Crippen LogP contribution in [0.3, 0.4) is 0 Å². The van der Waals surface area contributed by atoms with Crippen LogP contribution in [0, 0.1) is 6.92 Å². The zero-order chi connectivity index (χ0) is 21.0. The highest BCUT2D eigenvalue weighted by molar-refractivity contribution is 5.53. The van der Waals surface area contributed by atoms with Crippen LogP contribution in [0.25, 0.3) is 5.69 Å². The largest absolute Gasteiger partial charge is 0.369 e. The summed E-state index contributed by atoms with van der Waals surface area (Å²) in [6.07, 6.45) is 6.46. The second kappa shape index (κ2) is 9.25. The Morgan fingerprint density at radius 2 is 1.81 bits per heavy atom. The van der Waals surface area contributed by atoms with Crippen molar-refractivity contribution < 1.29 is 0 Å². The minimum atomic E-state index is 0.682. The summed E-state index contributed by atoms with van der Waals surface area (Å²) >= 11 is 0. The number of piperidine rings is 1. The Morgan fingerprint density at radius 3 is 2.61 bits per heavy atom. The molecule has 3 aromatic rings. The normalized spacial score (nSPS) is 20.8. The Hall–Kier alpha value is -2.63. The van der Waals surface area contributed by atoms with Crippen molar-refractivity contribution in [1.29, 1.82) is 0 Å². The summed E-state index contributed by atoms with van der Waals surface area (Å²) in [6.45, 7) is 10.2. The number of piperazine rings is 1. The van der Waals surface area contributed by atoms with E-state index in [9.17, 15) is 0 Å². The van der Waals surface area contributed by atoms with Crippen LogP contribution in [0.5, 0.6) is 0 Å². The molecule has 1 unspecified atom stereocenters. The Balaban J connectivity index is 1.18. The van der Waals surface area contributed by atoms with Gasteiger partial charge in [-0.15, -0.1) is 0 Å². The maximum Gasteiger partial charge on any atom is 0.0648 e. The molecule has 5 nitrogen and oxygen atoms in total. The van der Waals surface area contributed by atoms with Crippen LogP contribution < -0.4 is 4.90 Å². The molecule has 0 radical (unpaired) electrons. The van der Waals surface area contributed by atoms with E-state index < -0.39 is 0 Å². The van der Waals surface area contributed by atoms with Crippen molar-refractivity contribution in [3.8, 4) is 5.69 Å². The number of hydrogen-bond acceptors (Lipinski definition) is 4. The molecule has 31 heavy (non-hydrogen) atoms. The van der Waals surface area contributed by atoms with Crippen LogP contribution in [0.1, 0.15) is 24.0 Å². The molecule has 0 aliphatic carbocycles. The first kappa shape index (κ1) is 20.3. The average Bonchev–Trinajstić information content (AvgIpc) is 3.35. The third kappa shape index (κ3) is 4.68. The number of para-hydroxylation sites is 1. The van der Waals surface area contributed by atoms with Gasteiger partial charge in [0.2, 0.25) is 0 Å². The molecule has 0 bridgehead atoms. The van der Waals surface area contributed by atoms with E-state index in [1.54, 1.807) is 0 Å². The fourth-order valence-electron chi connectivity index (χ4n) is 5.20. The van der Waals surface area contributed by atoms with Crippen molar-refractivity contribution in [3.05, 3.63) is 78.1 Å². The van der Waals surface area contributed by atoms with Gasteiger partial charge >= 0.3 is 0 Å². The van der Waals surface area contributed by atoms with Crippen molar-refractivity contribution in [2.24, 2.45) is 0 Å². The summed E-state index contributed by atoms with van der Waals surface area (Å²) in [7, 11) is 0. The van der Waals surface area contributed by atoms with Gasteiger partial charge in [0.25, 0.3) is 0 Å². The van der Waals surface area contributed by atoms with Crippen LogP contribution in [0.15, 0.2) is 67.0 Å². The van der Waals surface area contributed by atoms with Gasteiger partial charge in [-0.25, -0.2) is 4.68 Å². The molecule has 2 aliphatic heterocycles. The highest BCUT2D eigenvalue weighted by atomic mass is 15.3. The number of hydrogen-bond donors (Lipinski definition) is 0. The first-order valence-corrected chi connectivity index (χ1v) is 11.6. The van der Waals surface area contributed by atoms with Gasteiger partial charge in [-0.3, -0.25) is 9.80 Å². The first-order chi connectivity index (χ1) is 15.3. The summed E-state index contributed by atoms with van der Waals surface area (Å²) in [5.74, 6) is 0. The van der Waals surface area contributed by atoms with E-state index in [-0.39, 0.29) is 0 Å². The van der Waals surface area contributed by atoms with E-state index in [0.717, 1.165) is 25.3 Å². The predicted molar refractivity (Wildman–Crippen MR) is 127 cm³/mol. The monoisotopic (exact) mass is 415 g/mol. The van der Waals surface area contributed by atoms with Crippen LogP contribution >= 0.6 is 0 Å². The average molecular weight is 416 g/mol. The molecule has 1 aromatic heterocycles. The minimum absolute atomic E-state index is 0.682. The first-order valence-electron chi connectivity index (χ1n) is 11.6. The van der Waals surface area contributed by atoms with Gasteiger partial charge in [0, 0.05) is 63.4 Å². The van der Waals surface area contributed by atoms with E-state index in [2.05, 4.69) is 75.3 Å². The van der Waals surface area contributed by atoms with Gasteiger partial charge in [0.15, 0.2) is 0 Å². The zero-order valence-corrected chi connectivity index (χ0v) is 18.5. The summed E-state index contributed by atoms with van der Waals surface area (Å²) in [4.78, 5) is 7.94. The fraction of sp³-hybridized carbons (Fsp3) is 0.423. The Morgan fingerprint density at radius 1 is 0.935 bits per heavy atom. The third-order valence-electron chi connectivity index (χ3n) is 6.85. The lowest BCUT2D eigenvalue weighted by atomic mass is 10.0. The molecule has 2 aliphatic rings. The number of rotatable bonds is 5. The Bertz CT molecular complexity index is 975. The van der Waals surface area contributed by atoms with E-state index in [1.807, 2.05) is 23.1 Å². The van der Waals surface area contributed by atoms with E-state index in [4.69, 9.17) is 0 Å². The molecule has 5 heteroatoms. The molecular weight excluding hydrogens is 382 g/mol. The highest BCUT2D eigenvalue weighted by Crippen LogP contribution is 2.24. The lowest BCUT2D eigenvalue weighted by Gasteiger charge is -2.44. The molecule has 0 N–H and O–H groups in total. The van der Waals surface area contributed by atoms with E-state index in [0.29, 0.717) is 6.04 Å². The van der Waals surface area contributed by atoms with Gasteiger partial charge in [-0.05, 0) is 61.7 Å². The molecule has 162 valence electrons. The van der Waals surface area contributed by atoms with Crippen molar-refractivity contribution in [1.82, 2.24) is 19.6 Å². The number of benzene rings is 2. The molecule has 0 spiro atoms. The van der Waals surface area contributed by atoms with Crippen molar-refractivity contribution in [2.75, 3.05) is 44.2 Å². The molecule has 2 aromatic carbocycles. The number of anilines is 1. The molecular formula is C26H33N5. The predicted octanol–water partition coefficient (Wildman–Crippen LogP) is 3.97. The van der Waals surface area contributed by atoms with Crippen LogP contribution in [-0.4, -0.2) is 64.9 Å². The molecule has 3 heterocycles. The van der Waals surface area contributed by atoms with Gasteiger partial charge in [-0.2, -0.15) is 5.10 Å². The summed E-state index contributed by atoms with van der Waals surface area (Å²) in [5, 5.41) is 4.37. The third-order valence-corrected chi connectivity index (χ3v) is 6.85. The zero-order valence-electron chi connectivity index (χ0n) is 18.5. The maximum atomic E-state index is 4.37. The minimum Gasteiger partial charge on any atom is -0.369 e. The molecule has 2 saturated heterocycles. The van der Waals surface area contributed by atoms with Gasteiger partial charge < -0.3 is 4.90 Å². The van der Waals surface area contributed by atoms with Gasteiger partial charge in [0.1, 0.15) is 0 Å². The quantitative estimate of drug-likeness (QED) is 0.630. The number of aryl methyl sites for hydroxylation is 1. The second-order valence-corrected chi connectivity index (χ2v) is 8.96. The SMILES string of the molecule is Cc1ccccc1N1CCN(C2CCCN(Cc3cccc(-n4cccn4)c3)C2)CC1. The molecule has 1 atom stereocenters. The second-order valence-electron chi connectivity index (χ2n) is 8.96. The lowest BCUT2D eigenvalue weighted by molar-refractivity contribution is 0.0887. The molecule has 0 amide bonds. The summed E-state index contributed by atoms with van der Waals surface area (Å²) in [5.41, 5.74) is 5.31. The number of nitrogens with zero attached hydrogens (tertiary/aromatic N) is 5. The molecule has 2 fully saturated rings. The summed E-state index contributed by atoms with van der Waals surface area (Å²) < 4.78 is 1.94. The Kier molecular flexibility index (Phi) is 6.05. The number of aromatic nitrogens is 2. The van der Waals surface area contributed by atoms with Crippen LogP contribution in [0.4, 0.5) is 5.69 Å².